The van der Waals surface area contributed by atoms with Crippen molar-refractivity contribution in [3.05, 3.63) is 17.8 Å². The molecule has 0 saturated carbocycles. The van der Waals surface area contributed by atoms with Crippen LogP contribution in [0.5, 0.6) is 0 Å². The topological polar surface area (TPSA) is 107 Å². The molecule has 0 bridgehead atoms. The molecule has 0 radical (unpaired) electrons. The fourth-order valence-electron chi connectivity index (χ4n) is 1.75. The third kappa shape index (κ3) is 5.30. The van der Waals surface area contributed by atoms with E-state index in [1.54, 1.807) is 0 Å². The molecule has 1 unspecified atom stereocenters. The quantitative estimate of drug-likeness (QED) is 0.596. The lowest BCUT2D eigenvalue weighted by molar-refractivity contribution is 0.0948. The Morgan fingerprint density at radius 3 is 2.70 bits per heavy atom. The Morgan fingerprint density at radius 1 is 1.35 bits per heavy atom. The van der Waals surface area contributed by atoms with Gasteiger partial charge in [0.2, 0.25) is 5.89 Å². The van der Waals surface area contributed by atoms with E-state index in [0.717, 1.165) is 32.2 Å². The van der Waals surface area contributed by atoms with Gasteiger partial charge in [-0.3, -0.25) is 4.79 Å². The number of nitrogens with zero attached hydrogens (tertiary/aromatic N) is 1. The summed E-state index contributed by atoms with van der Waals surface area (Å²) >= 11 is 0. The van der Waals surface area contributed by atoms with Gasteiger partial charge in [-0.1, -0.05) is 26.7 Å². The molecule has 0 saturated heterocycles. The molecule has 20 heavy (non-hydrogen) atoms. The van der Waals surface area contributed by atoms with Crippen LogP contribution in [0.3, 0.4) is 0 Å². The summed E-state index contributed by atoms with van der Waals surface area (Å²) in [4.78, 5) is 16.0. The van der Waals surface area contributed by atoms with Crippen LogP contribution in [0, 0.1) is 5.92 Å². The fourth-order valence-corrected chi connectivity index (χ4v) is 1.75. The van der Waals surface area contributed by atoms with E-state index in [2.05, 4.69) is 10.3 Å². The van der Waals surface area contributed by atoms with Crippen LogP contribution in [0.1, 0.15) is 62.0 Å². The monoisotopic (exact) mass is 282 g/mol. The second-order valence-electron chi connectivity index (χ2n) is 5.30. The minimum Gasteiger partial charge on any atom is -0.446 e. The fraction of sp³-hybridized carbons (Fsp3) is 0.714. The Hall–Kier alpha value is -1.40. The second-order valence-corrected chi connectivity index (χ2v) is 5.30. The number of amides is 1. The van der Waals surface area contributed by atoms with E-state index in [-0.39, 0.29) is 23.6 Å². The molecule has 6 nitrogen and oxygen atoms in total. The molecular weight excluding hydrogens is 256 g/mol. The number of nitrogens with one attached hydrogen (secondary N) is 1. The largest absolute Gasteiger partial charge is 0.446 e. The number of carbonyl (C=O) groups is 1. The van der Waals surface area contributed by atoms with Gasteiger partial charge in [-0.2, -0.15) is 0 Å². The first-order valence-electron chi connectivity index (χ1n) is 7.25. The van der Waals surface area contributed by atoms with Crippen LogP contribution in [0.15, 0.2) is 10.7 Å². The lowest BCUT2D eigenvalue weighted by Crippen LogP contribution is -2.25. The maximum Gasteiger partial charge on any atom is 0.273 e. The summed E-state index contributed by atoms with van der Waals surface area (Å²) in [5.41, 5.74) is 11.6. The highest BCUT2D eigenvalue weighted by atomic mass is 16.3. The number of carbonyl (C=O) groups excluding carboxylic acids is 1. The van der Waals surface area contributed by atoms with Gasteiger partial charge in [0.25, 0.3) is 5.91 Å². The molecule has 0 fully saturated rings. The summed E-state index contributed by atoms with van der Waals surface area (Å²) in [6.07, 6.45) is 5.51. The van der Waals surface area contributed by atoms with Crippen molar-refractivity contribution in [1.29, 1.82) is 0 Å². The molecule has 1 atom stereocenters. The van der Waals surface area contributed by atoms with E-state index in [1.807, 2.05) is 13.8 Å². The summed E-state index contributed by atoms with van der Waals surface area (Å²) in [5, 5.41) is 2.82. The van der Waals surface area contributed by atoms with Crippen LogP contribution in [0.4, 0.5) is 0 Å². The maximum atomic E-state index is 11.8. The normalized spacial score (nSPS) is 12.7. The van der Waals surface area contributed by atoms with Gasteiger partial charge >= 0.3 is 0 Å². The average molecular weight is 282 g/mol. The number of oxazole rings is 1. The molecule has 0 aliphatic carbocycles. The van der Waals surface area contributed by atoms with Crippen molar-refractivity contribution in [2.45, 2.75) is 45.6 Å². The van der Waals surface area contributed by atoms with Crippen molar-refractivity contribution in [1.82, 2.24) is 10.3 Å². The van der Waals surface area contributed by atoms with E-state index in [4.69, 9.17) is 15.9 Å². The third-order valence-electron chi connectivity index (χ3n) is 3.17. The molecule has 6 heteroatoms. The van der Waals surface area contributed by atoms with Gasteiger partial charge in [0.15, 0.2) is 5.69 Å². The SMILES string of the molecule is CC(C)C(N)c1nc(C(=O)NCCCCCCN)co1. The molecule has 0 aliphatic rings. The molecular formula is C14H26N4O2. The maximum absolute atomic E-state index is 11.8. The van der Waals surface area contributed by atoms with Crippen LogP contribution in [0.2, 0.25) is 0 Å². The zero-order chi connectivity index (χ0) is 15.0. The smallest absolute Gasteiger partial charge is 0.273 e. The first-order valence-corrected chi connectivity index (χ1v) is 7.25. The molecule has 1 aromatic rings. The van der Waals surface area contributed by atoms with Crippen molar-refractivity contribution in [2.24, 2.45) is 17.4 Å². The van der Waals surface area contributed by atoms with Crippen LogP contribution < -0.4 is 16.8 Å². The van der Waals surface area contributed by atoms with E-state index in [9.17, 15) is 4.79 Å². The standard InChI is InChI=1S/C14H26N4O2/c1-10(2)12(16)14-18-11(9-20-14)13(19)17-8-6-4-3-5-7-15/h9-10,12H,3-8,15-16H2,1-2H3,(H,17,19). The molecule has 1 aromatic heterocycles. The molecule has 1 heterocycles. The van der Waals surface area contributed by atoms with Crippen molar-refractivity contribution in [3.63, 3.8) is 0 Å². The third-order valence-corrected chi connectivity index (χ3v) is 3.17. The summed E-state index contributed by atoms with van der Waals surface area (Å²) < 4.78 is 5.26. The number of hydrogen-bond acceptors (Lipinski definition) is 5. The molecule has 5 N–H and O–H groups in total. The van der Waals surface area contributed by atoms with E-state index >= 15 is 0 Å². The molecule has 0 aromatic carbocycles. The number of hydrogen-bond donors (Lipinski definition) is 3. The van der Waals surface area contributed by atoms with Gasteiger partial charge in [0, 0.05) is 6.54 Å². The van der Waals surface area contributed by atoms with E-state index in [0.29, 0.717) is 12.4 Å². The van der Waals surface area contributed by atoms with Gasteiger partial charge in [0.05, 0.1) is 6.04 Å². The Labute approximate surface area is 120 Å². The molecule has 0 aliphatic heterocycles. The lowest BCUT2D eigenvalue weighted by Gasteiger charge is -2.10. The van der Waals surface area contributed by atoms with Gasteiger partial charge in [-0.25, -0.2) is 4.98 Å². The highest BCUT2D eigenvalue weighted by Gasteiger charge is 2.19. The Balaban J connectivity index is 2.33. The highest BCUT2D eigenvalue weighted by molar-refractivity contribution is 5.91. The number of nitrogens with two attached hydrogens (primary N) is 2. The zero-order valence-electron chi connectivity index (χ0n) is 12.4. The van der Waals surface area contributed by atoms with Crippen LogP contribution in [-0.2, 0) is 0 Å². The van der Waals surface area contributed by atoms with Gasteiger partial charge in [0.1, 0.15) is 6.26 Å². The minimum atomic E-state index is -0.284. The van der Waals surface area contributed by atoms with Crippen molar-refractivity contribution < 1.29 is 9.21 Å². The van der Waals surface area contributed by atoms with Crippen molar-refractivity contribution in [2.75, 3.05) is 13.1 Å². The average Bonchev–Trinajstić information content (AvgIpc) is 2.91. The predicted octanol–water partition coefficient (Wildman–Crippen LogP) is 1.58. The minimum absolute atomic E-state index is 0.213. The van der Waals surface area contributed by atoms with E-state index in [1.165, 1.54) is 6.26 Å². The van der Waals surface area contributed by atoms with Crippen molar-refractivity contribution >= 4 is 5.91 Å². The molecule has 114 valence electrons. The highest BCUT2D eigenvalue weighted by Crippen LogP contribution is 2.17. The molecule has 1 rings (SSSR count). The lowest BCUT2D eigenvalue weighted by atomic mass is 10.1. The Kier molecular flexibility index (Phi) is 7.25. The zero-order valence-corrected chi connectivity index (χ0v) is 12.4. The van der Waals surface area contributed by atoms with E-state index < -0.39 is 0 Å². The Morgan fingerprint density at radius 2 is 2.05 bits per heavy atom. The summed E-state index contributed by atoms with van der Waals surface area (Å²) in [6, 6.07) is -0.284. The first kappa shape index (κ1) is 16.7. The number of unbranched alkanes of at least 4 members (excludes halogenated alkanes) is 3. The van der Waals surface area contributed by atoms with Crippen LogP contribution >= 0.6 is 0 Å². The van der Waals surface area contributed by atoms with Crippen LogP contribution in [-0.4, -0.2) is 24.0 Å². The second kappa shape index (κ2) is 8.71. The van der Waals surface area contributed by atoms with Gasteiger partial charge in [-0.05, 0) is 25.3 Å². The number of aromatic nitrogens is 1. The summed E-state index contributed by atoms with van der Waals surface area (Å²) in [7, 11) is 0. The van der Waals surface area contributed by atoms with Crippen molar-refractivity contribution in [3.8, 4) is 0 Å². The summed E-state index contributed by atoms with van der Waals surface area (Å²) in [5.74, 6) is 0.412. The molecule has 1 amide bonds. The predicted molar refractivity (Wildman–Crippen MR) is 78.1 cm³/mol. The Bertz CT molecular complexity index is 404. The summed E-state index contributed by atoms with van der Waals surface area (Å²) in [6.45, 7) is 5.33. The first-order chi connectivity index (χ1) is 9.56. The van der Waals surface area contributed by atoms with Gasteiger partial charge < -0.3 is 21.2 Å². The van der Waals surface area contributed by atoms with Crippen LogP contribution in [0.25, 0.3) is 0 Å². The van der Waals surface area contributed by atoms with Gasteiger partial charge in [-0.15, -0.1) is 0 Å². The molecule has 0 spiro atoms. The number of rotatable bonds is 9.